The molecule has 0 aliphatic rings. The molecule has 0 aliphatic heterocycles. The summed E-state index contributed by atoms with van der Waals surface area (Å²) in [4.78, 5) is 9.94. The van der Waals surface area contributed by atoms with Gasteiger partial charge in [-0.1, -0.05) is 11.6 Å². The summed E-state index contributed by atoms with van der Waals surface area (Å²) in [5, 5.41) is 0. The van der Waals surface area contributed by atoms with Gasteiger partial charge in [-0.2, -0.15) is 0 Å². The minimum absolute atomic E-state index is 0.346. The van der Waals surface area contributed by atoms with E-state index in [0.29, 0.717) is 12.3 Å². The Morgan fingerprint density at radius 2 is 2.22 bits per heavy atom. The first-order valence-corrected chi connectivity index (χ1v) is 3.58. The predicted molar refractivity (Wildman–Crippen MR) is 37.3 cm³/mol. The van der Waals surface area contributed by atoms with Gasteiger partial charge in [0.2, 0.25) is 0 Å². The van der Waals surface area contributed by atoms with Crippen LogP contribution in [0.1, 0.15) is 6.42 Å². The van der Waals surface area contributed by atoms with E-state index >= 15 is 0 Å². The van der Waals surface area contributed by atoms with Gasteiger partial charge in [0.05, 0.1) is 0 Å². The highest BCUT2D eigenvalue weighted by atomic mass is 35.5. The van der Waals surface area contributed by atoms with Crippen molar-refractivity contribution in [1.82, 2.24) is 0 Å². The summed E-state index contributed by atoms with van der Waals surface area (Å²) in [6.07, 6.45) is 0.404. The van der Waals surface area contributed by atoms with Gasteiger partial charge in [0.15, 0.2) is 5.56 Å². The van der Waals surface area contributed by atoms with Gasteiger partial charge in [0, 0.05) is 23.9 Å². The van der Waals surface area contributed by atoms with Gasteiger partial charge in [-0.25, -0.2) is 4.79 Å². The molecular weight excluding hydrogens is 186 g/mol. The molecule has 1 unspecified atom stereocenters. The zero-order valence-corrected chi connectivity index (χ0v) is 6.71. The Hall–Kier alpha value is 0.340. The highest BCUT2D eigenvalue weighted by molar-refractivity contribution is 6.61. The maximum absolute atomic E-state index is 9.94. The molecule has 0 aromatic rings. The van der Waals surface area contributed by atoms with Crippen LogP contribution in [0.2, 0.25) is 0 Å². The van der Waals surface area contributed by atoms with Crippen LogP contribution in [0, 0.1) is 0 Å². The lowest BCUT2D eigenvalue weighted by Crippen LogP contribution is -2.06. The molecule has 5 heteroatoms. The second-order valence-corrected chi connectivity index (χ2v) is 2.42. The summed E-state index contributed by atoms with van der Waals surface area (Å²) >= 11 is 15.4. The van der Waals surface area contributed by atoms with Crippen LogP contribution in [-0.2, 0) is 4.74 Å². The van der Waals surface area contributed by atoms with Crippen LogP contribution in [0.15, 0.2) is 0 Å². The summed E-state index contributed by atoms with van der Waals surface area (Å²) in [6.45, 7) is 0. The van der Waals surface area contributed by atoms with Gasteiger partial charge in [-0.05, 0) is 0 Å². The molecule has 0 heterocycles. The Morgan fingerprint density at radius 3 is 2.56 bits per heavy atom. The van der Waals surface area contributed by atoms with Gasteiger partial charge >= 0.3 is 5.43 Å². The van der Waals surface area contributed by atoms with Gasteiger partial charge < -0.3 is 4.74 Å². The number of alkyl halides is 2. The topological polar surface area (TPSA) is 26.3 Å². The SMILES string of the molecule is O=C(Cl)OC(Cl)CCCl. The van der Waals surface area contributed by atoms with Crippen molar-refractivity contribution in [3.05, 3.63) is 0 Å². The van der Waals surface area contributed by atoms with Crippen LogP contribution in [0.25, 0.3) is 0 Å². The summed E-state index contributed by atoms with van der Waals surface area (Å²) in [5.41, 5.74) is -1.60. The number of hydrogen-bond acceptors (Lipinski definition) is 2. The molecule has 0 amide bonds. The Balaban J connectivity index is 3.26. The lowest BCUT2D eigenvalue weighted by Gasteiger charge is -2.04. The second-order valence-electron chi connectivity index (χ2n) is 1.24. The Kier molecular flexibility index (Phi) is 5.35. The van der Waals surface area contributed by atoms with Gasteiger partial charge in [-0.15, -0.1) is 11.6 Å². The van der Waals surface area contributed by atoms with Crippen LogP contribution in [0.4, 0.5) is 4.79 Å². The predicted octanol–water partition coefficient (Wildman–Crippen LogP) is 2.56. The third kappa shape index (κ3) is 6.22. The molecule has 0 fully saturated rings. The molecule has 0 saturated carbocycles. The first-order chi connectivity index (χ1) is 4.16. The summed E-state index contributed by atoms with van der Waals surface area (Å²) in [5.74, 6) is 0.346. The van der Waals surface area contributed by atoms with Gasteiger partial charge in [0.25, 0.3) is 0 Å². The molecule has 0 aliphatic carbocycles. The van der Waals surface area contributed by atoms with Crippen LogP contribution in [0.3, 0.4) is 0 Å². The molecule has 54 valence electrons. The molecular formula is C4H5Cl3O2. The van der Waals surface area contributed by atoms with Crippen molar-refractivity contribution in [2.45, 2.75) is 12.0 Å². The Morgan fingerprint density at radius 1 is 1.67 bits per heavy atom. The standard InChI is InChI=1S/C4H5Cl3O2/c5-2-1-3(6)9-4(7)8/h3H,1-2H2. The van der Waals surface area contributed by atoms with E-state index < -0.39 is 11.0 Å². The molecule has 0 rings (SSSR count). The first kappa shape index (κ1) is 9.34. The highest BCUT2D eigenvalue weighted by Gasteiger charge is 2.06. The number of ether oxygens (including phenoxy) is 1. The van der Waals surface area contributed by atoms with E-state index in [1.54, 1.807) is 0 Å². The second kappa shape index (κ2) is 5.15. The van der Waals surface area contributed by atoms with E-state index in [0.717, 1.165) is 0 Å². The number of hydrogen-bond donors (Lipinski definition) is 0. The van der Waals surface area contributed by atoms with Crippen molar-refractivity contribution in [3.8, 4) is 0 Å². The lowest BCUT2D eigenvalue weighted by molar-refractivity contribution is 0.158. The van der Waals surface area contributed by atoms with E-state index in [4.69, 9.17) is 34.8 Å². The molecule has 0 radical (unpaired) electrons. The molecule has 9 heavy (non-hydrogen) atoms. The molecule has 0 aromatic carbocycles. The molecule has 0 bridgehead atoms. The number of rotatable bonds is 3. The minimum atomic E-state index is -0.903. The average Bonchev–Trinajstić information content (AvgIpc) is 1.63. The molecule has 0 spiro atoms. The van der Waals surface area contributed by atoms with Crippen molar-refractivity contribution in [1.29, 1.82) is 0 Å². The zero-order valence-electron chi connectivity index (χ0n) is 4.44. The van der Waals surface area contributed by atoms with Gasteiger partial charge in [0.1, 0.15) is 0 Å². The molecule has 2 nitrogen and oxygen atoms in total. The van der Waals surface area contributed by atoms with Crippen molar-refractivity contribution in [2.24, 2.45) is 0 Å². The van der Waals surface area contributed by atoms with Crippen LogP contribution >= 0.6 is 34.8 Å². The Bertz CT molecular complexity index is 95.8. The molecule has 0 N–H and O–H groups in total. The summed E-state index contributed by atoms with van der Waals surface area (Å²) < 4.78 is 4.30. The average molecular weight is 191 g/mol. The third-order valence-electron chi connectivity index (χ3n) is 0.557. The van der Waals surface area contributed by atoms with Crippen molar-refractivity contribution < 1.29 is 9.53 Å². The van der Waals surface area contributed by atoms with Crippen LogP contribution in [0.5, 0.6) is 0 Å². The van der Waals surface area contributed by atoms with E-state index in [9.17, 15) is 4.79 Å². The van der Waals surface area contributed by atoms with Crippen molar-refractivity contribution in [2.75, 3.05) is 5.88 Å². The number of halogens is 3. The molecule has 1 atom stereocenters. The smallest absolute Gasteiger partial charge is 0.405 e. The maximum atomic E-state index is 9.94. The summed E-state index contributed by atoms with van der Waals surface area (Å²) in [6, 6.07) is 0. The normalized spacial score (nSPS) is 12.8. The monoisotopic (exact) mass is 190 g/mol. The summed E-state index contributed by atoms with van der Waals surface area (Å²) in [7, 11) is 0. The number of carbonyl (C=O) groups is 1. The van der Waals surface area contributed by atoms with E-state index in [2.05, 4.69) is 4.74 Å². The van der Waals surface area contributed by atoms with E-state index in [1.165, 1.54) is 0 Å². The quantitative estimate of drug-likeness (QED) is 0.506. The van der Waals surface area contributed by atoms with Gasteiger partial charge in [-0.3, -0.25) is 0 Å². The molecule has 0 aromatic heterocycles. The zero-order chi connectivity index (χ0) is 7.28. The fourth-order valence-corrected chi connectivity index (χ4v) is 0.898. The molecule has 0 saturated heterocycles. The fourth-order valence-electron chi connectivity index (χ4n) is 0.245. The van der Waals surface area contributed by atoms with Crippen LogP contribution < -0.4 is 0 Å². The van der Waals surface area contributed by atoms with Crippen molar-refractivity contribution in [3.63, 3.8) is 0 Å². The van der Waals surface area contributed by atoms with Crippen molar-refractivity contribution >= 4 is 40.2 Å². The first-order valence-electron chi connectivity index (χ1n) is 2.23. The van der Waals surface area contributed by atoms with E-state index in [1.807, 2.05) is 0 Å². The highest BCUT2D eigenvalue weighted by Crippen LogP contribution is 2.06. The Labute approximate surface area is 68.0 Å². The largest absolute Gasteiger partial charge is 0.434 e. The minimum Gasteiger partial charge on any atom is -0.434 e. The fraction of sp³-hybridized carbons (Fsp3) is 0.750. The van der Waals surface area contributed by atoms with Crippen LogP contribution in [-0.4, -0.2) is 16.9 Å². The third-order valence-corrected chi connectivity index (χ3v) is 1.17. The lowest BCUT2D eigenvalue weighted by atomic mass is 10.5. The maximum Gasteiger partial charge on any atom is 0.405 e. The number of carbonyl (C=O) groups excluding carboxylic acids is 1. The van der Waals surface area contributed by atoms with E-state index in [-0.39, 0.29) is 0 Å².